The fourth-order valence-electron chi connectivity index (χ4n) is 5.13. The maximum atomic E-state index is 12.8. The van der Waals surface area contributed by atoms with Crippen molar-refractivity contribution in [3.05, 3.63) is 51.5 Å². The summed E-state index contributed by atoms with van der Waals surface area (Å²) in [6.45, 7) is 5.55. The molecule has 0 spiro atoms. The number of urea groups is 1. The van der Waals surface area contributed by atoms with Crippen LogP contribution in [-0.4, -0.2) is 87.0 Å². The van der Waals surface area contributed by atoms with Crippen molar-refractivity contribution in [2.75, 3.05) is 38.5 Å². The smallest absolute Gasteiger partial charge is 0.338 e. The summed E-state index contributed by atoms with van der Waals surface area (Å²) < 4.78 is 1.39. The van der Waals surface area contributed by atoms with Crippen LogP contribution in [0.1, 0.15) is 45.1 Å². The van der Waals surface area contributed by atoms with Gasteiger partial charge in [0.05, 0.1) is 11.2 Å². The van der Waals surface area contributed by atoms with Crippen molar-refractivity contribution in [2.24, 2.45) is 11.5 Å². The van der Waals surface area contributed by atoms with Crippen molar-refractivity contribution in [3.8, 4) is 5.69 Å². The lowest BCUT2D eigenvalue weighted by Crippen LogP contribution is -2.58. The van der Waals surface area contributed by atoms with Crippen molar-refractivity contribution in [2.45, 2.75) is 63.7 Å². The number of benzene rings is 1. The lowest BCUT2D eigenvalue weighted by Gasteiger charge is -2.37. The Morgan fingerprint density at radius 2 is 1.74 bits per heavy atom. The van der Waals surface area contributed by atoms with Crippen LogP contribution in [0.3, 0.4) is 0 Å². The minimum absolute atomic E-state index is 0.151. The maximum Gasteiger partial charge on any atom is 0.354 e. The number of hydrogen-bond donors (Lipinski definition) is 3. The van der Waals surface area contributed by atoms with E-state index >= 15 is 0 Å². The van der Waals surface area contributed by atoms with Crippen LogP contribution in [-0.2, 0) is 11.3 Å². The average molecular weight is 559 g/mol. The molecule has 1 aliphatic carbocycles. The fourth-order valence-corrected chi connectivity index (χ4v) is 5.37. The van der Waals surface area contributed by atoms with Crippen LogP contribution in [0.5, 0.6) is 0 Å². The predicted molar refractivity (Wildman–Crippen MR) is 152 cm³/mol. The topological polar surface area (TPSA) is 143 Å². The maximum absolute atomic E-state index is 12.8. The third kappa shape index (κ3) is 7.16. The van der Waals surface area contributed by atoms with Gasteiger partial charge in [0.25, 0.3) is 0 Å². The number of halogens is 1. The highest BCUT2D eigenvalue weighted by atomic mass is 35.5. The minimum Gasteiger partial charge on any atom is -0.338 e. The minimum atomic E-state index is -0.955. The number of aromatic nitrogens is 2. The van der Waals surface area contributed by atoms with E-state index in [2.05, 4.69) is 22.2 Å². The summed E-state index contributed by atoms with van der Waals surface area (Å²) in [7, 11) is 2.10. The summed E-state index contributed by atoms with van der Waals surface area (Å²) in [5.41, 5.74) is 12.0. The van der Waals surface area contributed by atoms with Crippen molar-refractivity contribution in [3.63, 3.8) is 0 Å². The number of nitrogens with one attached hydrogen (secondary N) is 1. The Hall–Kier alpha value is -2.99. The Morgan fingerprint density at radius 1 is 1.10 bits per heavy atom. The highest BCUT2D eigenvalue weighted by Gasteiger charge is 2.31. The summed E-state index contributed by atoms with van der Waals surface area (Å²) in [4.78, 5) is 47.4. The van der Waals surface area contributed by atoms with E-state index in [9.17, 15) is 14.4 Å². The molecule has 212 valence electrons. The van der Waals surface area contributed by atoms with Gasteiger partial charge in [0.1, 0.15) is 5.82 Å². The first-order valence-corrected chi connectivity index (χ1v) is 13.8. The first kappa shape index (κ1) is 29.0. The van der Waals surface area contributed by atoms with Crippen LogP contribution in [0.2, 0.25) is 5.02 Å². The van der Waals surface area contributed by atoms with Gasteiger partial charge in [0, 0.05) is 56.0 Å². The molecule has 2 fully saturated rings. The molecule has 2 aromatic rings. The van der Waals surface area contributed by atoms with E-state index in [1.165, 1.54) is 4.57 Å². The Morgan fingerprint density at radius 3 is 2.33 bits per heavy atom. The SMILES string of the molecule is CN(Cc1ccc(-n2ccc(NC(=O)N3CCN(C(=O)C(C)(C)N)CC3)nc2=O)cc1Cl)[C@H]1CC[C@H](N)CC1. The highest BCUT2D eigenvalue weighted by molar-refractivity contribution is 6.31. The number of nitrogens with two attached hydrogens (primary N) is 2. The van der Waals surface area contributed by atoms with Crippen LogP contribution < -0.4 is 22.5 Å². The molecule has 1 saturated heterocycles. The Labute approximate surface area is 234 Å². The van der Waals surface area contributed by atoms with Crippen molar-refractivity contribution in [1.82, 2.24) is 24.3 Å². The molecule has 1 aromatic heterocycles. The van der Waals surface area contributed by atoms with Crippen molar-refractivity contribution in [1.29, 1.82) is 0 Å². The molecular weight excluding hydrogens is 520 g/mol. The van der Waals surface area contributed by atoms with Crippen LogP contribution >= 0.6 is 11.6 Å². The zero-order valence-electron chi connectivity index (χ0n) is 22.9. The van der Waals surface area contributed by atoms with E-state index in [4.69, 9.17) is 23.1 Å². The highest BCUT2D eigenvalue weighted by Crippen LogP contribution is 2.26. The van der Waals surface area contributed by atoms with Gasteiger partial charge in [-0.25, -0.2) is 9.59 Å². The normalized spacial score (nSPS) is 20.3. The number of carbonyl (C=O) groups excluding carboxylic acids is 2. The first-order chi connectivity index (χ1) is 18.4. The molecule has 0 unspecified atom stereocenters. The van der Waals surface area contributed by atoms with Gasteiger partial charge in [-0.1, -0.05) is 17.7 Å². The molecule has 0 atom stereocenters. The van der Waals surface area contributed by atoms with Gasteiger partial charge in [-0.2, -0.15) is 4.98 Å². The van der Waals surface area contributed by atoms with E-state index in [1.54, 1.807) is 42.0 Å². The van der Waals surface area contributed by atoms with E-state index in [0.29, 0.717) is 55.5 Å². The number of hydrogen-bond acceptors (Lipinski definition) is 7. The largest absolute Gasteiger partial charge is 0.354 e. The molecule has 4 rings (SSSR count). The zero-order valence-corrected chi connectivity index (χ0v) is 23.7. The summed E-state index contributed by atoms with van der Waals surface area (Å²) in [6, 6.07) is 7.51. The van der Waals surface area contributed by atoms with Gasteiger partial charge in [-0.05, 0) is 70.3 Å². The third-order valence-electron chi connectivity index (χ3n) is 7.54. The number of piperazine rings is 1. The van der Waals surface area contributed by atoms with Gasteiger partial charge in [-0.3, -0.25) is 19.6 Å². The Kier molecular flexibility index (Phi) is 8.95. The molecule has 12 heteroatoms. The first-order valence-electron chi connectivity index (χ1n) is 13.4. The summed E-state index contributed by atoms with van der Waals surface area (Å²) in [6.07, 6.45) is 5.81. The second kappa shape index (κ2) is 12.0. The van der Waals surface area contributed by atoms with Crippen LogP contribution in [0.25, 0.3) is 5.69 Å². The molecule has 1 aliphatic heterocycles. The summed E-state index contributed by atoms with van der Waals surface area (Å²) in [5, 5.41) is 3.25. The molecule has 2 aliphatic rings. The Bertz CT molecular complexity index is 1240. The van der Waals surface area contributed by atoms with E-state index in [0.717, 1.165) is 31.2 Å². The molecule has 0 bridgehead atoms. The van der Waals surface area contributed by atoms with Gasteiger partial charge in [-0.15, -0.1) is 0 Å². The van der Waals surface area contributed by atoms with Gasteiger partial charge < -0.3 is 21.3 Å². The molecule has 5 N–H and O–H groups in total. The number of anilines is 1. The lowest BCUT2D eigenvalue weighted by atomic mass is 9.91. The van der Waals surface area contributed by atoms with Crippen molar-refractivity contribution >= 4 is 29.4 Å². The summed E-state index contributed by atoms with van der Waals surface area (Å²) in [5.74, 6) is 0.00167. The predicted octanol–water partition coefficient (Wildman–Crippen LogP) is 2.00. The van der Waals surface area contributed by atoms with Crippen molar-refractivity contribution < 1.29 is 9.59 Å². The molecule has 11 nitrogen and oxygen atoms in total. The molecule has 1 saturated carbocycles. The quantitative estimate of drug-likeness (QED) is 0.492. The zero-order chi connectivity index (χ0) is 28.3. The van der Waals surface area contributed by atoms with Crippen LogP contribution in [0, 0.1) is 0 Å². The van der Waals surface area contributed by atoms with Gasteiger partial charge in [0.2, 0.25) is 5.91 Å². The molecule has 3 amide bonds. The number of rotatable bonds is 6. The molecular formula is C27H39ClN8O3. The average Bonchev–Trinajstić information content (AvgIpc) is 2.89. The monoisotopic (exact) mass is 558 g/mol. The summed E-state index contributed by atoms with van der Waals surface area (Å²) >= 11 is 6.60. The number of carbonyl (C=O) groups is 2. The van der Waals surface area contributed by atoms with E-state index in [-0.39, 0.29) is 17.8 Å². The fraction of sp³-hybridized carbons (Fsp3) is 0.556. The number of nitrogens with zero attached hydrogens (tertiary/aromatic N) is 5. The molecule has 0 radical (unpaired) electrons. The van der Waals surface area contributed by atoms with E-state index in [1.807, 2.05) is 12.1 Å². The molecule has 2 heterocycles. The molecule has 1 aromatic carbocycles. The third-order valence-corrected chi connectivity index (χ3v) is 7.90. The van der Waals surface area contributed by atoms with Gasteiger partial charge >= 0.3 is 11.7 Å². The van der Waals surface area contributed by atoms with Crippen LogP contribution in [0.15, 0.2) is 35.3 Å². The molecule has 39 heavy (non-hydrogen) atoms. The second-order valence-corrected chi connectivity index (χ2v) is 11.6. The second-order valence-electron chi connectivity index (χ2n) is 11.2. The lowest BCUT2D eigenvalue weighted by molar-refractivity contribution is -0.137. The Balaban J connectivity index is 1.35. The van der Waals surface area contributed by atoms with E-state index < -0.39 is 11.2 Å². The standard InChI is InChI=1S/C27H39ClN8O3/c1-27(2,30)24(37)34-12-14-35(15-13-34)25(38)31-23-10-11-36(26(39)32-23)21-7-4-18(22(28)16-21)17-33(3)20-8-5-19(29)6-9-20/h4,7,10-11,16,19-20H,5-6,8-9,12-15,17,29-30H2,1-3H3,(H,31,32,38,39)/t19-,20-. The van der Waals surface area contributed by atoms with Gasteiger partial charge in [0.15, 0.2) is 0 Å². The number of amides is 3. The van der Waals surface area contributed by atoms with Crippen LogP contribution in [0.4, 0.5) is 10.6 Å².